The fourth-order valence-corrected chi connectivity index (χ4v) is 5.99. The van der Waals surface area contributed by atoms with Crippen molar-refractivity contribution in [3.63, 3.8) is 0 Å². The maximum absolute atomic E-state index is 15.0. The van der Waals surface area contributed by atoms with E-state index >= 15 is 0 Å². The zero-order valence-electron chi connectivity index (χ0n) is 18.2. The molecule has 6 rings (SSSR count). The highest BCUT2D eigenvalue weighted by atomic mass is 35.5. The van der Waals surface area contributed by atoms with Gasteiger partial charge in [0.25, 0.3) is 0 Å². The summed E-state index contributed by atoms with van der Waals surface area (Å²) in [6.45, 7) is 0. The molecule has 4 aromatic heterocycles. The number of rotatable bonds is 4. The summed E-state index contributed by atoms with van der Waals surface area (Å²) < 4.78 is 17.9. The van der Waals surface area contributed by atoms with Crippen molar-refractivity contribution in [2.24, 2.45) is 0 Å². The highest BCUT2D eigenvalue weighted by molar-refractivity contribution is 7.15. The molecule has 2 atom stereocenters. The molecular formula is C24H21ClFN7S. The van der Waals surface area contributed by atoms with Gasteiger partial charge in [0.1, 0.15) is 33.5 Å². The van der Waals surface area contributed by atoms with Crippen LogP contribution in [0.2, 0.25) is 4.34 Å². The number of hydrogen-bond acceptors (Lipinski definition) is 6. The van der Waals surface area contributed by atoms with E-state index in [0.717, 1.165) is 48.1 Å². The molecule has 2 unspecified atom stereocenters. The molecule has 1 aliphatic rings. The zero-order chi connectivity index (χ0) is 23.1. The molecule has 34 heavy (non-hydrogen) atoms. The van der Waals surface area contributed by atoms with Crippen LogP contribution in [-0.4, -0.2) is 34.7 Å². The number of aromatic amines is 1. The molecule has 172 valence electrons. The second-order valence-corrected chi connectivity index (χ2v) is 10.2. The Hall–Kier alpha value is -3.17. The van der Waals surface area contributed by atoms with E-state index < -0.39 is 0 Å². The van der Waals surface area contributed by atoms with Gasteiger partial charge in [0.05, 0.1) is 28.5 Å². The van der Waals surface area contributed by atoms with Crippen molar-refractivity contribution in [2.45, 2.75) is 44.1 Å². The van der Waals surface area contributed by atoms with E-state index in [1.807, 2.05) is 12.1 Å². The number of nitrogens with one attached hydrogen (secondary N) is 1. The first kappa shape index (κ1) is 21.4. The molecule has 1 N–H and O–H groups in total. The number of imidazole rings is 1. The Morgan fingerprint density at radius 2 is 1.97 bits per heavy atom. The van der Waals surface area contributed by atoms with Gasteiger partial charge in [-0.2, -0.15) is 5.10 Å². The van der Waals surface area contributed by atoms with Gasteiger partial charge < -0.3 is 4.57 Å². The minimum Gasteiger partial charge on any atom is -0.321 e. The van der Waals surface area contributed by atoms with Crippen molar-refractivity contribution in [2.75, 3.05) is 0 Å². The normalized spacial score (nSPS) is 18.9. The lowest BCUT2D eigenvalue weighted by molar-refractivity contribution is 0.432. The molecule has 1 saturated carbocycles. The van der Waals surface area contributed by atoms with Gasteiger partial charge in [-0.3, -0.25) is 10.1 Å². The van der Waals surface area contributed by atoms with Gasteiger partial charge in [-0.15, -0.1) is 11.3 Å². The summed E-state index contributed by atoms with van der Waals surface area (Å²) in [6, 6.07) is 8.89. The van der Waals surface area contributed by atoms with Gasteiger partial charge >= 0.3 is 0 Å². The highest BCUT2D eigenvalue weighted by Gasteiger charge is 2.29. The second kappa shape index (κ2) is 8.88. The first-order valence-corrected chi connectivity index (χ1v) is 12.5. The van der Waals surface area contributed by atoms with Gasteiger partial charge in [0, 0.05) is 12.0 Å². The molecule has 5 aromatic rings. The number of hydrogen-bond donors (Lipinski definition) is 1. The average molecular weight is 494 g/mol. The van der Waals surface area contributed by atoms with Crippen molar-refractivity contribution in [1.82, 2.24) is 34.7 Å². The first-order chi connectivity index (χ1) is 16.7. The largest absolute Gasteiger partial charge is 0.321 e. The van der Waals surface area contributed by atoms with E-state index in [2.05, 4.69) is 29.7 Å². The predicted octanol–water partition coefficient (Wildman–Crippen LogP) is 6.42. The summed E-state index contributed by atoms with van der Waals surface area (Å²) in [5.74, 6) is 1.21. The van der Waals surface area contributed by atoms with Crippen LogP contribution < -0.4 is 0 Å². The number of halogens is 2. The number of nitrogens with zero attached hydrogens (tertiary/aromatic N) is 6. The SMILES string of the molecule is Fc1ccccc1-c1nc2cnc(-c3ncn[nH]3)cc2n1C1CCCCC(c2ncc(Cl)s2)C1. The number of benzene rings is 1. The van der Waals surface area contributed by atoms with Crippen LogP contribution in [0.5, 0.6) is 0 Å². The molecular weight excluding hydrogens is 473 g/mol. The van der Waals surface area contributed by atoms with Crippen molar-refractivity contribution in [3.8, 4) is 22.9 Å². The van der Waals surface area contributed by atoms with Crippen LogP contribution in [0.3, 0.4) is 0 Å². The summed E-state index contributed by atoms with van der Waals surface area (Å²) in [6.07, 6.45) is 10.0. The predicted molar refractivity (Wildman–Crippen MR) is 130 cm³/mol. The van der Waals surface area contributed by atoms with Gasteiger partial charge in [-0.25, -0.2) is 19.3 Å². The molecule has 0 aliphatic heterocycles. The standard InChI is InChI=1S/C24H21ClFN7S/c25-21-12-28-24(34-21)14-5-1-2-6-15(9-14)33-20-10-18(22-29-13-30-32-22)27-11-19(20)31-23(33)16-7-3-4-8-17(16)26/h3-4,7-8,10-15H,1-2,5-6,9H2,(H,29,30,32). The quantitative estimate of drug-likeness (QED) is 0.292. The van der Waals surface area contributed by atoms with Crippen LogP contribution in [0.4, 0.5) is 4.39 Å². The molecule has 1 fully saturated rings. The Labute approximate surface area is 204 Å². The molecule has 1 aromatic carbocycles. The molecule has 0 bridgehead atoms. The monoisotopic (exact) mass is 493 g/mol. The van der Waals surface area contributed by atoms with Crippen LogP contribution in [0, 0.1) is 5.82 Å². The van der Waals surface area contributed by atoms with Crippen molar-refractivity contribution < 1.29 is 4.39 Å². The maximum atomic E-state index is 15.0. The Kier molecular flexibility index (Phi) is 5.58. The third kappa shape index (κ3) is 3.88. The average Bonchev–Trinajstić information content (AvgIpc) is 3.57. The number of aromatic nitrogens is 7. The third-order valence-electron chi connectivity index (χ3n) is 6.45. The van der Waals surface area contributed by atoms with Crippen molar-refractivity contribution >= 4 is 34.0 Å². The Morgan fingerprint density at radius 1 is 1.09 bits per heavy atom. The summed E-state index contributed by atoms with van der Waals surface area (Å²) in [4.78, 5) is 18.2. The van der Waals surface area contributed by atoms with Gasteiger partial charge in [0.15, 0.2) is 5.82 Å². The fourth-order valence-electron chi connectivity index (χ4n) is 4.91. The Morgan fingerprint density at radius 3 is 2.76 bits per heavy atom. The molecule has 7 nitrogen and oxygen atoms in total. The first-order valence-electron chi connectivity index (χ1n) is 11.3. The summed E-state index contributed by atoms with van der Waals surface area (Å²) >= 11 is 7.75. The zero-order valence-corrected chi connectivity index (χ0v) is 19.7. The minimum absolute atomic E-state index is 0.125. The smallest absolute Gasteiger partial charge is 0.174 e. The lowest BCUT2D eigenvalue weighted by Crippen LogP contribution is -2.13. The van der Waals surface area contributed by atoms with Gasteiger partial charge in [0.2, 0.25) is 0 Å². The second-order valence-electron chi connectivity index (χ2n) is 8.55. The van der Waals surface area contributed by atoms with Crippen LogP contribution in [-0.2, 0) is 0 Å². The molecule has 0 saturated heterocycles. The van der Waals surface area contributed by atoms with E-state index in [1.54, 1.807) is 35.9 Å². The number of thiazole rings is 1. The lowest BCUT2D eigenvalue weighted by atomic mass is 9.98. The van der Waals surface area contributed by atoms with E-state index in [4.69, 9.17) is 16.6 Å². The summed E-state index contributed by atoms with van der Waals surface area (Å²) in [5.41, 5.74) is 2.78. The number of H-pyrrole nitrogens is 1. The summed E-state index contributed by atoms with van der Waals surface area (Å²) in [7, 11) is 0. The molecule has 0 spiro atoms. The molecule has 1 aliphatic carbocycles. The van der Waals surface area contributed by atoms with E-state index in [1.165, 1.54) is 12.4 Å². The van der Waals surface area contributed by atoms with Crippen LogP contribution in [0.15, 0.2) is 49.1 Å². The highest BCUT2D eigenvalue weighted by Crippen LogP contribution is 2.42. The van der Waals surface area contributed by atoms with Crippen molar-refractivity contribution in [1.29, 1.82) is 0 Å². The van der Waals surface area contributed by atoms with Crippen LogP contribution in [0.25, 0.3) is 33.9 Å². The fraction of sp³-hybridized carbons (Fsp3) is 0.292. The Balaban J connectivity index is 1.52. The topological polar surface area (TPSA) is 85.2 Å². The van der Waals surface area contributed by atoms with E-state index in [-0.39, 0.29) is 11.9 Å². The van der Waals surface area contributed by atoms with Gasteiger partial charge in [-0.05, 0) is 37.5 Å². The third-order valence-corrected chi connectivity index (χ3v) is 7.73. The van der Waals surface area contributed by atoms with Crippen LogP contribution >= 0.6 is 22.9 Å². The number of pyridine rings is 1. The molecule has 10 heteroatoms. The van der Waals surface area contributed by atoms with E-state index in [9.17, 15) is 4.39 Å². The van der Waals surface area contributed by atoms with Crippen LogP contribution in [0.1, 0.15) is 49.1 Å². The van der Waals surface area contributed by atoms with E-state index in [0.29, 0.717) is 33.2 Å². The molecule has 0 amide bonds. The minimum atomic E-state index is -0.292. The van der Waals surface area contributed by atoms with Crippen molar-refractivity contribution in [3.05, 3.63) is 64.2 Å². The maximum Gasteiger partial charge on any atom is 0.174 e. The lowest BCUT2D eigenvalue weighted by Gasteiger charge is -2.23. The Bertz CT molecular complexity index is 1450. The number of fused-ring (bicyclic) bond motifs is 1. The van der Waals surface area contributed by atoms with Gasteiger partial charge in [-0.1, -0.05) is 36.6 Å². The molecule has 4 heterocycles. The molecule has 0 radical (unpaired) electrons. The summed E-state index contributed by atoms with van der Waals surface area (Å²) in [5, 5.41) is 7.89.